The van der Waals surface area contributed by atoms with Gasteiger partial charge in [-0.05, 0) is 52.0 Å². The van der Waals surface area contributed by atoms with Crippen molar-refractivity contribution < 1.29 is 0 Å². The highest BCUT2D eigenvalue weighted by Crippen LogP contribution is 2.33. The Morgan fingerprint density at radius 2 is 1.95 bits per heavy atom. The van der Waals surface area contributed by atoms with Gasteiger partial charge in [0, 0.05) is 11.7 Å². The van der Waals surface area contributed by atoms with Crippen LogP contribution in [0.1, 0.15) is 68.7 Å². The molecule has 0 spiro atoms. The van der Waals surface area contributed by atoms with Gasteiger partial charge in [0.25, 0.3) is 0 Å². The Kier molecular flexibility index (Phi) is 3.92. The standard InChI is InChI=1S/C16H27N3/c1-3-17-13-8-4-6-10-15(13)19-12(2)18-14-9-5-7-11-16(14)19/h13,15,17H,3-11H2,1-2H3. The van der Waals surface area contributed by atoms with E-state index in [1.807, 2.05) is 0 Å². The third-order valence-corrected chi connectivity index (χ3v) is 4.87. The van der Waals surface area contributed by atoms with Gasteiger partial charge < -0.3 is 9.88 Å². The molecule has 1 saturated carbocycles. The van der Waals surface area contributed by atoms with Crippen molar-refractivity contribution in [1.82, 2.24) is 14.9 Å². The van der Waals surface area contributed by atoms with Crippen molar-refractivity contribution in [2.45, 2.75) is 77.3 Å². The molecule has 1 aromatic heterocycles. The number of imidazole rings is 1. The predicted molar refractivity (Wildman–Crippen MR) is 78.6 cm³/mol. The normalized spacial score (nSPS) is 27.3. The summed E-state index contributed by atoms with van der Waals surface area (Å²) >= 11 is 0. The Labute approximate surface area is 116 Å². The molecular formula is C16H27N3. The lowest BCUT2D eigenvalue weighted by Crippen LogP contribution is -2.40. The van der Waals surface area contributed by atoms with Crippen molar-refractivity contribution >= 4 is 0 Å². The quantitative estimate of drug-likeness (QED) is 0.905. The number of nitrogens with one attached hydrogen (secondary N) is 1. The summed E-state index contributed by atoms with van der Waals surface area (Å²) in [5.41, 5.74) is 2.95. The lowest BCUT2D eigenvalue weighted by atomic mass is 9.89. The van der Waals surface area contributed by atoms with E-state index >= 15 is 0 Å². The molecule has 1 fully saturated rings. The van der Waals surface area contributed by atoms with Crippen LogP contribution in [0.3, 0.4) is 0 Å². The summed E-state index contributed by atoms with van der Waals surface area (Å²) in [5, 5.41) is 3.71. The Balaban J connectivity index is 1.93. The molecule has 2 atom stereocenters. The molecule has 3 nitrogen and oxygen atoms in total. The van der Waals surface area contributed by atoms with E-state index in [1.165, 1.54) is 62.9 Å². The average molecular weight is 261 g/mol. The van der Waals surface area contributed by atoms with Crippen LogP contribution in [0.2, 0.25) is 0 Å². The third-order valence-electron chi connectivity index (χ3n) is 4.87. The summed E-state index contributed by atoms with van der Waals surface area (Å²) in [5.74, 6) is 1.25. The number of nitrogens with zero attached hydrogens (tertiary/aromatic N) is 2. The maximum atomic E-state index is 4.86. The van der Waals surface area contributed by atoms with E-state index < -0.39 is 0 Å². The van der Waals surface area contributed by atoms with Crippen molar-refractivity contribution in [2.75, 3.05) is 6.54 Å². The molecule has 3 rings (SSSR count). The van der Waals surface area contributed by atoms with Crippen molar-refractivity contribution in [3.63, 3.8) is 0 Å². The van der Waals surface area contributed by atoms with Crippen LogP contribution in [-0.4, -0.2) is 22.1 Å². The first-order chi connectivity index (χ1) is 9.31. The SMILES string of the molecule is CCNC1CCCCC1n1c(C)nc2c1CCCC2. The molecule has 0 bridgehead atoms. The Morgan fingerprint density at radius 1 is 1.16 bits per heavy atom. The molecule has 2 aliphatic carbocycles. The topological polar surface area (TPSA) is 29.9 Å². The molecule has 2 aliphatic rings. The van der Waals surface area contributed by atoms with Crippen LogP contribution in [0.4, 0.5) is 0 Å². The molecule has 1 N–H and O–H groups in total. The molecule has 0 aromatic carbocycles. The van der Waals surface area contributed by atoms with Crippen LogP contribution >= 0.6 is 0 Å². The summed E-state index contributed by atoms with van der Waals surface area (Å²) < 4.78 is 2.60. The van der Waals surface area contributed by atoms with Gasteiger partial charge in [-0.1, -0.05) is 19.8 Å². The first-order valence-corrected chi connectivity index (χ1v) is 8.11. The second kappa shape index (κ2) is 5.66. The molecular weight excluding hydrogens is 234 g/mol. The minimum Gasteiger partial charge on any atom is -0.327 e. The smallest absolute Gasteiger partial charge is 0.106 e. The lowest BCUT2D eigenvalue weighted by Gasteiger charge is -2.35. The fraction of sp³-hybridized carbons (Fsp3) is 0.812. The molecule has 19 heavy (non-hydrogen) atoms. The highest BCUT2D eigenvalue weighted by molar-refractivity contribution is 5.21. The summed E-state index contributed by atoms with van der Waals surface area (Å²) in [4.78, 5) is 4.86. The van der Waals surface area contributed by atoms with Crippen LogP contribution < -0.4 is 5.32 Å². The monoisotopic (exact) mass is 261 g/mol. The first-order valence-electron chi connectivity index (χ1n) is 8.11. The van der Waals surface area contributed by atoms with Gasteiger partial charge in [-0.25, -0.2) is 4.98 Å². The summed E-state index contributed by atoms with van der Waals surface area (Å²) in [6, 6.07) is 1.29. The minimum atomic E-state index is 0.642. The van der Waals surface area contributed by atoms with Crippen LogP contribution in [0.15, 0.2) is 0 Å². The number of rotatable bonds is 3. The van der Waals surface area contributed by atoms with E-state index in [9.17, 15) is 0 Å². The number of likely N-dealkylation sites (N-methyl/N-ethyl adjacent to an activating group) is 1. The summed E-state index contributed by atoms with van der Waals surface area (Å²) in [6.07, 6.45) is 10.5. The maximum Gasteiger partial charge on any atom is 0.106 e. The molecule has 0 saturated heterocycles. The van der Waals surface area contributed by atoms with Crippen LogP contribution in [-0.2, 0) is 12.8 Å². The molecule has 1 heterocycles. The number of hydrogen-bond donors (Lipinski definition) is 1. The Hall–Kier alpha value is -0.830. The van der Waals surface area contributed by atoms with E-state index in [1.54, 1.807) is 5.69 Å². The number of fused-ring (bicyclic) bond motifs is 1. The first kappa shape index (κ1) is 13.2. The van der Waals surface area contributed by atoms with E-state index in [0.29, 0.717) is 12.1 Å². The highest BCUT2D eigenvalue weighted by Gasteiger charge is 2.30. The molecule has 0 amide bonds. The van der Waals surface area contributed by atoms with Gasteiger partial charge in [-0.15, -0.1) is 0 Å². The zero-order valence-corrected chi connectivity index (χ0v) is 12.4. The van der Waals surface area contributed by atoms with Crippen molar-refractivity contribution in [1.29, 1.82) is 0 Å². The van der Waals surface area contributed by atoms with Crippen LogP contribution in [0.25, 0.3) is 0 Å². The fourth-order valence-corrected chi connectivity index (χ4v) is 4.06. The third kappa shape index (κ3) is 2.45. The van der Waals surface area contributed by atoms with Gasteiger partial charge in [0.15, 0.2) is 0 Å². The molecule has 106 valence electrons. The molecule has 0 radical (unpaired) electrons. The van der Waals surface area contributed by atoms with Crippen LogP contribution in [0.5, 0.6) is 0 Å². The van der Waals surface area contributed by atoms with Gasteiger partial charge in [0.2, 0.25) is 0 Å². The highest BCUT2D eigenvalue weighted by atomic mass is 15.2. The predicted octanol–water partition coefficient (Wildman–Crippen LogP) is 3.16. The number of aromatic nitrogens is 2. The number of aryl methyl sites for hydroxylation is 2. The van der Waals surface area contributed by atoms with Crippen molar-refractivity contribution in [3.05, 3.63) is 17.2 Å². The Morgan fingerprint density at radius 3 is 2.79 bits per heavy atom. The van der Waals surface area contributed by atoms with Gasteiger partial charge in [0.1, 0.15) is 5.82 Å². The van der Waals surface area contributed by atoms with Gasteiger partial charge in [0.05, 0.1) is 11.7 Å². The van der Waals surface area contributed by atoms with Crippen molar-refractivity contribution in [2.24, 2.45) is 0 Å². The van der Waals surface area contributed by atoms with Crippen molar-refractivity contribution in [3.8, 4) is 0 Å². The maximum absolute atomic E-state index is 4.86. The van der Waals surface area contributed by atoms with E-state index in [-0.39, 0.29) is 0 Å². The number of hydrogen-bond acceptors (Lipinski definition) is 2. The molecule has 3 heteroatoms. The second-order valence-corrected chi connectivity index (χ2v) is 6.15. The van der Waals surface area contributed by atoms with Gasteiger partial charge >= 0.3 is 0 Å². The Bertz CT molecular complexity index is 433. The van der Waals surface area contributed by atoms with Crippen LogP contribution in [0, 0.1) is 6.92 Å². The molecule has 1 aromatic rings. The average Bonchev–Trinajstić information content (AvgIpc) is 2.76. The zero-order valence-electron chi connectivity index (χ0n) is 12.4. The largest absolute Gasteiger partial charge is 0.327 e. The lowest BCUT2D eigenvalue weighted by molar-refractivity contribution is 0.258. The van der Waals surface area contributed by atoms with E-state index in [0.717, 1.165) is 6.54 Å². The minimum absolute atomic E-state index is 0.642. The zero-order chi connectivity index (χ0) is 13.2. The molecule has 0 aliphatic heterocycles. The van der Waals surface area contributed by atoms with Gasteiger partial charge in [-0.3, -0.25) is 0 Å². The van der Waals surface area contributed by atoms with Gasteiger partial charge in [-0.2, -0.15) is 0 Å². The molecule has 2 unspecified atom stereocenters. The second-order valence-electron chi connectivity index (χ2n) is 6.15. The summed E-state index contributed by atoms with van der Waals surface area (Å²) in [7, 11) is 0. The fourth-order valence-electron chi connectivity index (χ4n) is 4.06. The summed E-state index contributed by atoms with van der Waals surface area (Å²) in [6.45, 7) is 5.51. The van der Waals surface area contributed by atoms with E-state index in [2.05, 4.69) is 23.7 Å². The van der Waals surface area contributed by atoms with E-state index in [4.69, 9.17) is 4.98 Å².